The first-order valence-electron chi connectivity index (χ1n) is 6.53. The van der Waals surface area contributed by atoms with Gasteiger partial charge in [-0.05, 0) is 40.6 Å². The molecule has 5 nitrogen and oxygen atoms in total. The van der Waals surface area contributed by atoms with E-state index >= 15 is 0 Å². The lowest BCUT2D eigenvalue weighted by Gasteiger charge is -2.17. The van der Waals surface area contributed by atoms with Crippen LogP contribution in [0.15, 0.2) is 46.0 Å². The average Bonchev–Trinajstić information content (AvgIpc) is 3.01. The lowest BCUT2D eigenvalue weighted by Crippen LogP contribution is -2.30. The molecular weight excluding hydrogens is 329 g/mol. The summed E-state index contributed by atoms with van der Waals surface area (Å²) in [6.45, 7) is -0.0604. The van der Waals surface area contributed by atoms with Crippen molar-refractivity contribution in [1.29, 1.82) is 0 Å². The third-order valence-electron chi connectivity index (χ3n) is 2.89. The average molecular weight is 345 g/mol. The molecule has 1 aromatic carbocycles. The van der Waals surface area contributed by atoms with Crippen LogP contribution >= 0.6 is 11.3 Å². The fourth-order valence-electron chi connectivity index (χ4n) is 1.83. The Bertz CT molecular complexity index is 689. The molecule has 2 aromatic rings. The van der Waals surface area contributed by atoms with E-state index < -0.39 is 21.9 Å². The predicted octanol–water partition coefficient (Wildman–Crippen LogP) is 1.92. The minimum absolute atomic E-state index is 0.00438. The molecule has 0 spiro atoms. The monoisotopic (exact) mass is 345 g/mol. The maximum atomic E-state index is 13.1. The number of benzene rings is 1. The van der Waals surface area contributed by atoms with E-state index in [2.05, 4.69) is 4.72 Å². The number of nitrogens with one attached hydrogen (secondary N) is 1. The zero-order valence-electron chi connectivity index (χ0n) is 11.6. The Kier molecular flexibility index (Phi) is 6.04. The standard InChI is InChI=1S/C14H16FNO4S2/c15-12-2-1-3-13(8-12)22(18,19)16-9-14(20-6-5-17)11-4-7-21-10-11/h1-4,7-8,10,14,16-17H,5-6,9H2/t14-/m0/s1. The van der Waals surface area contributed by atoms with Gasteiger partial charge in [0.05, 0.1) is 24.2 Å². The quantitative estimate of drug-likeness (QED) is 0.766. The number of ether oxygens (including phenoxy) is 1. The molecular formula is C14H16FNO4S2. The second-order valence-electron chi connectivity index (χ2n) is 4.45. The predicted molar refractivity (Wildman–Crippen MR) is 81.7 cm³/mol. The summed E-state index contributed by atoms with van der Waals surface area (Å²) in [6.07, 6.45) is -0.512. The molecule has 2 N–H and O–H groups in total. The molecule has 0 fully saturated rings. The molecule has 0 saturated heterocycles. The summed E-state index contributed by atoms with van der Waals surface area (Å²) >= 11 is 1.46. The first-order chi connectivity index (χ1) is 10.5. The number of halogens is 1. The van der Waals surface area contributed by atoms with Crippen LogP contribution in [0, 0.1) is 5.82 Å². The van der Waals surface area contributed by atoms with Gasteiger partial charge in [-0.25, -0.2) is 17.5 Å². The number of hydrogen-bond acceptors (Lipinski definition) is 5. The van der Waals surface area contributed by atoms with Crippen molar-refractivity contribution in [1.82, 2.24) is 4.72 Å². The Balaban J connectivity index is 2.08. The number of thiophene rings is 1. The lowest BCUT2D eigenvalue weighted by molar-refractivity contribution is 0.0311. The first-order valence-corrected chi connectivity index (χ1v) is 8.95. The lowest BCUT2D eigenvalue weighted by atomic mass is 10.2. The van der Waals surface area contributed by atoms with Crippen LogP contribution in [0.3, 0.4) is 0 Å². The Morgan fingerprint density at radius 2 is 2.18 bits per heavy atom. The van der Waals surface area contributed by atoms with Gasteiger partial charge in [0.2, 0.25) is 10.0 Å². The van der Waals surface area contributed by atoms with Crippen LogP contribution < -0.4 is 4.72 Å². The van der Waals surface area contributed by atoms with Crippen LogP contribution in [-0.2, 0) is 14.8 Å². The van der Waals surface area contributed by atoms with E-state index in [1.165, 1.54) is 29.5 Å². The highest BCUT2D eigenvalue weighted by molar-refractivity contribution is 7.89. The van der Waals surface area contributed by atoms with Crippen LogP contribution in [0.1, 0.15) is 11.7 Å². The van der Waals surface area contributed by atoms with Gasteiger partial charge < -0.3 is 9.84 Å². The van der Waals surface area contributed by atoms with Crippen molar-refractivity contribution in [2.45, 2.75) is 11.0 Å². The molecule has 8 heteroatoms. The molecule has 0 aliphatic heterocycles. The summed E-state index contributed by atoms with van der Waals surface area (Å²) in [4.78, 5) is -0.140. The number of aliphatic hydroxyl groups is 1. The summed E-state index contributed by atoms with van der Waals surface area (Å²) in [7, 11) is -3.82. The molecule has 0 amide bonds. The molecule has 1 heterocycles. The third kappa shape index (κ3) is 4.59. The van der Waals surface area contributed by atoms with Gasteiger partial charge in [0, 0.05) is 6.54 Å². The number of sulfonamides is 1. The van der Waals surface area contributed by atoms with Gasteiger partial charge in [0.15, 0.2) is 0 Å². The molecule has 0 radical (unpaired) electrons. The van der Waals surface area contributed by atoms with Crippen molar-refractivity contribution in [2.75, 3.05) is 19.8 Å². The van der Waals surface area contributed by atoms with Gasteiger partial charge >= 0.3 is 0 Å². The zero-order chi connectivity index (χ0) is 16.0. The van der Waals surface area contributed by atoms with E-state index in [0.29, 0.717) is 0 Å². The SMILES string of the molecule is O=S(=O)(NC[C@H](OCCO)c1ccsc1)c1cccc(F)c1. The fourth-order valence-corrected chi connectivity index (χ4v) is 3.59. The van der Waals surface area contributed by atoms with E-state index in [0.717, 1.165) is 11.6 Å². The summed E-state index contributed by atoms with van der Waals surface area (Å²) < 4.78 is 45.3. The summed E-state index contributed by atoms with van der Waals surface area (Å²) in [5.41, 5.74) is 0.820. The highest BCUT2D eigenvalue weighted by Crippen LogP contribution is 2.20. The van der Waals surface area contributed by atoms with Crippen LogP contribution in [0.5, 0.6) is 0 Å². The van der Waals surface area contributed by atoms with Crippen molar-refractivity contribution in [3.8, 4) is 0 Å². The topological polar surface area (TPSA) is 75.6 Å². The van der Waals surface area contributed by atoms with Crippen LogP contribution in [0.2, 0.25) is 0 Å². The third-order valence-corrected chi connectivity index (χ3v) is 5.01. The minimum Gasteiger partial charge on any atom is -0.394 e. The largest absolute Gasteiger partial charge is 0.394 e. The molecule has 22 heavy (non-hydrogen) atoms. The van der Waals surface area contributed by atoms with Crippen LogP contribution in [0.25, 0.3) is 0 Å². The first kappa shape index (κ1) is 17.0. The molecule has 120 valence electrons. The Hall–Kier alpha value is -1.32. The number of rotatable bonds is 8. The molecule has 1 atom stereocenters. The number of hydrogen-bond donors (Lipinski definition) is 2. The van der Waals surface area contributed by atoms with Crippen molar-refractivity contribution >= 4 is 21.4 Å². The molecule has 0 aliphatic carbocycles. The minimum atomic E-state index is -3.82. The smallest absolute Gasteiger partial charge is 0.240 e. The number of aliphatic hydroxyl groups excluding tert-OH is 1. The normalized spacial score (nSPS) is 13.2. The van der Waals surface area contributed by atoms with E-state index in [4.69, 9.17) is 9.84 Å². The second-order valence-corrected chi connectivity index (χ2v) is 7.00. The van der Waals surface area contributed by atoms with Gasteiger partial charge in [-0.15, -0.1) is 0 Å². The van der Waals surface area contributed by atoms with Gasteiger partial charge in [-0.1, -0.05) is 6.07 Å². The Labute approximate surface area is 132 Å². The zero-order valence-corrected chi connectivity index (χ0v) is 13.2. The molecule has 1 aromatic heterocycles. The fraction of sp³-hybridized carbons (Fsp3) is 0.286. The van der Waals surface area contributed by atoms with E-state index in [1.807, 2.05) is 16.8 Å². The van der Waals surface area contributed by atoms with E-state index in [-0.39, 0.29) is 24.7 Å². The Morgan fingerprint density at radius 3 is 2.82 bits per heavy atom. The summed E-state index contributed by atoms with van der Waals surface area (Å²) in [5, 5.41) is 12.5. The Morgan fingerprint density at radius 1 is 1.36 bits per heavy atom. The van der Waals surface area contributed by atoms with Crippen LogP contribution in [0.4, 0.5) is 4.39 Å². The maximum Gasteiger partial charge on any atom is 0.240 e. The van der Waals surface area contributed by atoms with E-state index in [9.17, 15) is 12.8 Å². The van der Waals surface area contributed by atoms with Crippen molar-refractivity contribution in [3.63, 3.8) is 0 Å². The van der Waals surface area contributed by atoms with Crippen molar-refractivity contribution in [3.05, 3.63) is 52.5 Å². The van der Waals surface area contributed by atoms with Gasteiger partial charge in [0.25, 0.3) is 0 Å². The van der Waals surface area contributed by atoms with Crippen LogP contribution in [-0.4, -0.2) is 33.3 Å². The second kappa shape index (κ2) is 7.80. The van der Waals surface area contributed by atoms with Crippen molar-refractivity contribution in [2.24, 2.45) is 0 Å². The van der Waals surface area contributed by atoms with Gasteiger partial charge in [0.1, 0.15) is 5.82 Å². The molecule has 0 saturated carbocycles. The van der Waals surface area contributed by atoms with Gasteiger partial charge in [-0.2, -0.15) is 11.3 Å². The molecule has 0 bridgehead atoms. The maximum absolute atomic E-state index is 13.1. The summed E-state index contributed by atoms with van der Waals surface area (Å²) in [5.74, 6) is -0.617. The summed E-state index contributed by atoms with van der Waals surface area (Å²) in [6, 6.07) is 6.61. The highest BCUT2D eigenvalue weighted by Gasteiger charge is 2.19. The van der Waals surface area contributed by atoms with Gasteiger partial charge in [-0.3, -0.25) is 0 Å². The molecule has 0 aliphatic rings. The molecule has 0 unspecified atom stereocenters. The van der Waals surface area contributed by atoms with Crippen molar-refractivity contribution < 1.29 is 22.7 Å². The molecule has 2 rings (SSSR count). The highest BCUT2D eigenvalue weighted by atomic mass is 32.2. The van der Waals surface area contributed by atoms with E-state index in [1.54, 1.807) is 0 Å².